The fourth-order valence-electron chi connectivity index (χ4n) is 2.46. The fourth-order valence-corrected chi connectivity index (χ4v) is 3.10. The van der Waals surface area contributed by atoms with Gasteiger partial charge in [-0.15, -0.1) is 11.8 Å². The number of morpholine rings is 1. The van der Waals surface area contributed by atoms with Crippen LogP contribution >= 0.6 is 23.4 Å². The Bertz CT molecular complexity index is 718. The number of amides is 1. The number of nitrogens with one attached hydrogen (secondary N) is 1. The van der Waals surface area contributed by atoms with Gasteiger partial charge in [0.2, 0.25) is 0 Å². The maximum Gasteiger partial charge on any atom is 0.258 e. The zero-order valence-corrected chi connectivity index (χ0v) is 14.9. The predicted molar refractivity (Wildman–Crippen MR) is 98.5 cm³/mol. The van der Waals surface area contributed by atoms with Crippen molar-refractivity contribution in [1.29, 1.82) is 0 Å². The number of pyridine rings is 1. The number of hydrogen-bond donors (Lipinski definition) is 1. The molecular formula is C17H18ClN3O2S. The van der Waals surface area contributed by atoms with Crippen LogP contribution in [0.5, 0.6) is 0 Å². The largest absolute Gasteiger partial charge is 0.378 e. The lowest BCUT2D eigenvalue weighted by Crippen LogP contribution is -2.36. The van der Waals surface area contributed by atoms with Crippen molar-refractivity contribution in [2.45, 2.75) is 4.90 Å². The third-order valence-electron chi connectivity index (χ3n) is 3.78. The molecule has 24 heavy (non-hydrogen) atoms. The third kappa shape index (κ3) is 4.01. The molecule has 0 atom stereocenters. The zero-order chi connectivity index (χ0) is 16.9. The van der Waals surface area contributed by atoms with Gasteiger partial charge in [0.25, 0.3) is 5.91 Å². The highest BCUT2D eigenvalue weighted by atomic mass is 35.5. The van der Waals surface area contributed by atoms with Crippen molar-refractivity contribution in [3.63, 3.8) is 0 Å². The van der Waals surface area contributed by atoms with E-state index in [-0.39, 0.29) is 5.91 Å². The topological polar surface area (TPSA) is 54.5 Å². The van der Waals surface area contributed by atoms with Gasteiger partial charge in [-0.3, -0.25) is 4.79 Å². The minimum atomic E-state index is -0.262. The summed E-state index contributed by atoms with van der Waals surface area (Å²) in [5.41, 5.74) is 1.47. The van der Waals surface area contributed by atoms with Gasteiger partial charge in [-0.05, 0) is 36.6 Å². The molecule has 0 aliphatic carbocycles. The standard InChI is InChI=1S/C17H18ClN3O2S/c1-24-13-3-4-15(18)14(10-13)17(22)20-16-5-2-12(11-19-16)21-6-8-23-9-7-21/h2-5,10-11H,6-9H2,1H3,(H,19,20,22). The second kappa shape index (κ2) is 7.88. The van der Waals surface area contributed by atoms with E-state index in [9.17, 15) is 4.79 Å². The van der Waals surface area contributed by atoms with E-state index in [1.807, 2.05) is 18.4 Å². The third-order valence-corrected chi connectivity index (χ3v) is 4.84. The fraction of sp³-hybridized carbons (Fsp3) is 0.294. The summed E-state index contributed by atoms with van der Waals surface area (Å²) in [6.07, 6.45) is 3.72. The average Bonchev–Trinajstić information content (AvgIpc) is 2.63. The number of carbonyl (C=O) groups is 1. The van der Waals surface area contributed by atoms with Gasteiger partial charge in [0.05, 0.1) is 35.7 Å². The molecule has 0 saturated carbocycles. The Morgan fingerprint density at radius 2 is 2.08 bits per heavy atom. The molecule has 126 valence electrons. The van der Waals surface area contributed by atoms with Crippen LogP contribution in [-0.4, -0.2) is 43.5 Å². The van der Waals surface area contributed by atoms with E-state index in [0.717, 1.165) is 36.9 Å². The van der Waals surface area contributed by atoms with E-state index in [2.05, 4.69) is 15.2 Å². The number of benzene rings is 1. The number of aromatic nitrogens is 1. The highest BCUT2D eigenvalue weighted by molar-refractivity contribution is 7.98. The van der Waals surface area contributed by atoms with Crippen molar-refractivity contribution in [1.82, 2.24) is 4.98 Å². The van der Waals surface area contributed by atoms with E-state index in [1.54, 1.807) is 36.2 Å². The van der Waals surface area contributed by atoms with Crippen LogP contribution in [-0.2, 0) is 4.74 Å². The average molecular weight is 364 g/mol. The number of carbonyl (C=O) groups excluding carboxylic acids is 1. The molecule has 0 bridgehead atoms. The first-order valence-electron chi connectivity index (χ1n) is 7.61. The summed E-state index contributed by atoms with van der Waals surface area (Å²) in [6.45, 7) is 3.15. The molecule has 1 aliphatic rings. The summed E-state index contributed by atoms with van der Waals surface area (Å²) in [4.78, 5) is 19.9. The van der Waals surface area contributed by atoms with Crippen LogP contribution in [0.4, 0.5) is 11.5 Å². The summed E-state index contributed by atoms with van der Waals surface area (Å²) in [5, 5.41) is 3.22. The number of thioether (sulfide) groups is 1. The van der Waals surface area contributed by atoms with Crippen LogP contribution in [0.2, 0.25) is 5.02 Å². The molecular weight excluding hydrogens is 346 g/mol. The Labute approximate surface area is 150 Å². The molecule has 1 aromatic carbocycles. The lowest BCUT2D eigenvalue weighted by Gasteiger charge is -2.28. The lowest BCUT2D eigenvalue weighted by molar-refractivity contribution is 0.102. The number of rotatable bonds is 4. The summed E-state index contributed by atoms with van der Waals surface area (Å²) < 4.78 is 5.34. The minimum absolute atomic E-state index is 0.262. The van der Waals surface area contributed by atoms with Crippen molar-refractivity contribution in [2.24, 2.45) is 0 Å². The Hall–Kier alpha value is -1.76. The molecule has 1 N–H and O–H groups in total. The smallest absolute Gasteiger partial charge is 0.258 e. The highest BCUT2D eigenvalue weighted by Crippen LogP contribution is 2.24. The molecule has 1 aliphatic heterocycles. The van der Waals surface area contributed by atoms with Crippen LogP contribution in [0, 0.1) is 0 Å². The van der Waals surface area contributed by atoms with E-state index in [1.165, 1.54) is 0 Å². The minimum Gasteiger partial charge on any atom is -0.378 e. The molecule has 1 aromatic heterocycles. The summed E-state index contributed by atoms with van der Waals surface area (Å²) in [6, 6.07) is 9.16. The Morgan fingerprint density at radius 1 is 1.29 bits per heavy atom. The second-order valence-corrected chi connectivity index (χ2v) is 6.59. The van der Waals surface area contributed by atoms with Gasteiger partial charge >= 0.3 is 0 Å². The first-order chi connectivity index (χ1) is 11.7. The molecule has 2 aromatic rings. The summed E-state index contributed by atoms with van der Waals surface area (Å²) >= 11 is 7.70. The quantitative estimate of drug-likeness (QED) is 0.842. The number of ether oxygens (including phenoxy) is 1. The maximum absolute atomic E-state index is 12.4. The van der Waals surface area contributed by atoms with Crippen molar-refractivity contribution in [3.05, 3.63) is 47.1 Å². The molecule has 1 fully saturated rings. The first kappa shape index (κ1) is 17.1. The van der Waals surface area contributed by atoms with Gasteiger partial charge in [-0.2, -0.15) is 0 Å². The molecule has 0 radical (unpaired) electrons. The van der Waals surface area contributed by atoms with E-state index >= 15 is 0 Å². The Morgan fingerprint density at radius 3 is 2.75 bits per heavy atom. The van der Waals surface area contributed by atoms with Crippen LogP contribution in [0.3, 0.4) is 0 Å². The monoisotopic (exact) mass is 363 g/mol. The summed E-state index contributed by atoms with van der Waals surface area (Å²) in [7, 11) is 0. The molecule has 5 nitrogen and oxygen atoms in total. The molecule has 1 saturated heterocycles. The normalized spacial score (nSPS) is 14.5. The van der Waals surface area contributed by atoms with Gasteiger partial charge in [0, 0.05) is 18.0 Å². The second-order valence-electron chi connectivity index (χ2n) is 5.30. The van der Waals surface area contributed by atoms with Crippen LogP contribution in [0.1, 0.15) is 10.4 Å². The van der Waals surface area contributed by atoms with Crippen molar-refractivity contribution in [2.75, 3.05) is 42.8 Å². The SMILES string of the molecule is CSc1ccc(Cl)c(C(=O)Nc2ccc(N3CCOCC3)cn2)c1. The Kier molecular flexibility index (Phi) is 5.60. The molecule has 3 rings (SSSR count). The van der Waals surface area contributed by atoms with Crippen LogP contribution < -0.4 is 10.2 Å². The number of anilines is 2. The van der Waals surface area contributed by atoms with Crippen LogP contribution in [0.15, 0.2) is 41.4 Å². The van der Waals surface area contributed by atoms with E-state index in [4.69, 9.17) is 16.3 Å². The number of nitrogens with zero attached hydrogens (tertiary/aromatic N) is 2. The first-order valence-corrected chi connectivity index (χ1v) is 9.21. The van der Waals surface area contributed by atoms with E-state index < -0.39 is 0 Å². The summed E-state index contributed by atoms with van der Waals surface area (Å²) in [5.74, 6) is 0.241. The number of halogens is 1. The molecule has 2 heterocycles. The van der Waals surface area contributed by atoms with Gasteiger partial charge in [0.1, 0.15) is 5.82 Å². The van der Waals surface area contributed by atoms with Gasteiger partial charge < -0.3 is 15.0 Å². The molecule has 7 heteroatoms. The maximum atomic E-state index is 12.4. The molecule has 0 spiro atoms. The highest BCUT2D eigenvalue weighted by Gasteiger charge is 2.14. The Balaban J connectivity index is 1.70. The van der Waals surface area contributed by atoms with Crippen molar-refractivity contribution >= 4 is 40.8 Å². The van der Waals surface area contributed by atoms with Crippen LogP contribution in [0.25, 0.3) is 0 Å². The van der Waals surface area contributed by atoms with E-state index in [0.29, 0.717) is 16.4 Å². The van der Waals surface area contributed by atoms with Gasteiger partial charge in [0.15, 0.2) is 0 Å². The van der Waals surface area contributed by atoms with Crippen molar-refractivity contribution < 1.29 is 9.53 Å². The lowest BCUT2D eigenvalue weighted by atomic mass is 10.2. The predicted octanol–water partition coefficient (Wildman–Crippen LogP) is 3.55. The zero-order valence-electron chi connectivity index (χ0n) is 13.3. The van der Waals surface area contributed by atoms with Gasteiger partial charge in [-0.25, -0.2) is 4.98 Å². The van der Waals surface area contributed by atoms with Crippen molar-refractivity contribution in [3.8, 4) is 0 Å². The number of hydrogen-bond acceptors (Lipinski definition) is 5. The molecule has 0 unspecified atom stereocenters. The molecule has 1 amide bonds. The van der Waals surface area contributed by atoms with Gasteiger partial charge in [-0.1, -0.05) is 11.6 Å².